The zero-order valence-corrected chi connectivity index (χ0v) is 16.5. The van der Waals surface area contributed by atoms with Gasteiger partial charge in [-0.3, -0.25) is 0 Å². The normalized spacial score (nSPS) is 10.5. The van der Waals surface area contributed by atoms with E-state index in [-0.39, 0.29) is 0 Å². The summed E-state index contributed by atoms with van der Waals surface area (Å²) in [6.07, 6.45) is 1.03. The third-order valence-corrected chi connectivity index (χ3v) is 5.01. The Morgan fingerprint density at radius 3 is 1.24 bits per heavy atom. The molecule has 4 rings (SSSR count). The van der Waals surface area contributed by atoms with Crippen molar-refractivity contribution in [1.29, 1.82) is 0 Å². The van der Waals surface area contributed by atoms with Gasteiger partial charge in [0.15, 0.2) is 0 Å². The second-order valence-corrected chi connectivity index (χ2v) is 7.03. The maximum atomic E-state index is 3.60. The minimum Gasteiger partial charge on any atom is -0.384 e. The molecule has 0 fully saturated rings. The third-order valence-electron chi connectivity index (χ3n) is 5.01. The summed E-state index contributed by atoms with van der Waals surface area (Å²) in [6, 6.07) is 38.1. The van der Waals surface area contributed by atoms with Crippen molar-refractivity contribution in [3.8, 4) is 22.3 Å². The molecular formula is C27H26N2. The van der Waals surface area contributed by atoms with E-state index in [4.69, 9.17) is 0 Å². The van der Waals surface area contributed by atoms with Gasteiger partial charge in [-0.25, -0.2) is 0 Å². The number of hydrogen-bond acceptors (Lipinski definition) is 2. The average molecular weight is 379 g/mol. The predicted molar refractivity (Wildman–Crippen MR) is 125 cm³/mol. The van der Waals surface area contributed by atoms with Crippen molar-refractivity contribution < 1.29 is 0 Å². The molecule has 144 valence electrons. The van der Waals surface area contributed by atoms with Gasteiger partial charge in [0.1, 0.15) is 0 Å². The zero-order chi connectivity index (χ0) is 19.7. The molecule has 2 heteroatoms. The van der Waals surface area contributed by atoms with Crippen molar-refractivity contribution in [2.75, 3.05) is 23.7 Å². The van der Waals surface area contributed by atoms with E-state index in [2.05, 4.69) is 120 Å². The van der Waals surface area contributed by atoms with Gasteiger partial charge in [0.2, 0.25) is 0 Å². The van der Waals surface area contributed by atoms with Crippen LogP contribution >= 0.6 is 0 Å². The van der Waals surface area contributed by atoms with E-state index in [0.29, 0.717) is 0 Å². The van der Waals surface area contributed by atoms with Crippen LogP contribution in [0.1, 0.15) is 6.42 Å². The van der Waals surface area contributed by atoms with Crippen LogP contribution in [-0.2, 0) is 0 Å². The number of nitrogens with one attached hydrogen (secondary N) is 2. The van der Waals surface area contributed by atoms with Crippen LogP contribution in [0.25, 0.3) is 22.3 Å². The SMILES string of the molecule is c1ccc(-c2ccccc2NCCCNc2ccccc2-c2ccccc2)cc1. The first-order valence-corrected chi connectivity index (χ1v) is 10.2. The molecule has 0 aliphatic heterocycles. The van der Waals surface area contributed by atoms with Gasteiger partial charge in [-0.15, -0.1) is 0 Å². The molecule has 0 amide bonds. The molecule has 0 aliphatic rings. The minimum absolute atomic E-state index is 0.921. The van der Waals surface area contributed by atoms with Crippen LogP contribution in [0, 0.1) is 0 Å². The lowest BCUT2D eigenvalue weighted by Crippen LogP contribution is -2.10. The van der Waals surface area contributed by atoms with Crippen molar-refractivity contribution in [2.45, 2.75) is 6.42 Å². The Labute approximate surface area is 173 Å². The van der Waals surface area contributed by atoms with Crippen molar-refractivity contribution in [2.24, 2.45) is 0 Å². The Morgan fingerprint density at radius 2 is 0.793 bits per heavy atom. The fraction of sp³-hybridized carbons (Fsp3) is 0.111. The smallest absolute Gasteiger partial charge is 0.0419 e. The Kier molecular flexibility index (Phi) is 6.24. The average Bonchev–Trinajstić information content (AvgIpc) is 2.80. The summed E-state index contributed by atoms with van der Waals surface area (Å²) in [5, 5.41) is 7.21. The van der Waals surface area contributed by atoms with Gasteiger partial charge in [0, 0.05) is 35.6 Å². The first kappa shape index (κ1) is 18.8. The van der Waals surface area contributed by atoms with Crippen LogP contribution in [0.5, 0.6) is 0 Å². The molecule has 4 aromatic rings. The lowest BCUT2D eigenvalue weighted by atomic mass is 10.0. The van der Waals surface area contributed by atoms with Crippen molar-refractivity contribution >= 4 is 11.4 Å². The second kappa shape index (κ2) is 9.61. The molecule has 0 aromatic heterocycles. The van der Waals surface area contributed by atoms with E-state index in [1.165, 1.54) is 33.6 Å². The molecule has 0 saturated carbocycles. The molecular weight excluding hydrogens is 352 g/mol. The van der Waals surface area contributed by atoms with Gasteiger partial charge >= 0.3 is 0 Å². The summed E-state index contributed by atoms with van der Waals surface area (Å²) in [7, 11) is 0. The van der Waals surface area contributed by atoms with Crippen molar-refractivity contribution in [3.63, 3.8) is 0 Å². The van der Waals surface area contributed by atoms with Crippen LogP contribution in [-0.4, -0.2) is 13.1 Å². The quantitative estimate of drug-likeness (QED) is 0.325. The highest BCUT2D eigenvalue weighted by Gasteiger charge is 2.05. The van der Waals surface area contributed by atoms with Gasteiger partial charge < -0.3 is 10.6 Å². The Morgan fingerprint density at radius 1 is 0.414 bits per heavy atom. The standard InChI is InChI=1S/C27H26N2/c1-3-12-22(13-4-1)24-16-7-9-18-26(24)28-20-11-21-29-27-19-10-8-17-25(27)23-14-5-2-6-15-23/h1-10,12-19,28-29H,11,20-21H2. The van der Waals surface area contributed by atoms with Gasteiger partial charge in [-0.2, -0.15) is 0 Å². The molecule has 0 unspecified atom stereocenters. The van der Waals surface area contributed by atoms with Gasteiger partial charge in [0.25, 0.3) is 0 Å². The Bertz CT molecular complexity index is 941. The minimum atomic E-state index is 0.921. The maximum Gasteiger partial charge on any atom is 0.0419 e. The highest BCUT2D eigenvalue weighted by atomic mass is 14.9. The topological polar surface area (TPSA) is 24.1 Å². The number of benzene rings is 4. The lowest BCUT2D eigenvalue weighted by Gasteiger charge is -2.14. The molecule has 0 atom stereocenters. The highest BCUT2D eigenvalue weighted by Crippen LogP contribution is 2.28. The predicted octanol–water partition coefficient (Wildman–Crippen LogP) is 6.93. The van der Waals surface area contributed by atoms with Crippen molar-refractivity contribution in [1.82, 2.24) is 0 Å². The molecule has 0 bridgehead atoms. The molecule has 2 nitrogen and oxygen atoms in total. The molecule has 0 heterocycles. The first-order chi connectivity index (χ1) is 14.4. The number of para-hydroxylation sites is 2. The van der Waals surface area contributed by atoms with E-state index in [1.807, 2.05) is 0 Å². The summed E-state index contributed by atoms with van der Waals surface area (Å²) in [5.74, 6) is 0. The molecule has 0 spiro atoms. The molecule has 0 saturated heterocycles. The van der Waals surface area contributed by atoms with Gasteiger partial charge in [-0.1, -0.05) is 97.1 Å². The third kappa shape index (κ3) is 4.85. The van der Waals surface area contributed by atoms with E-state index in [9.17, 15) is 0 Å². The fourth-order valence-electron chi connectivity index (χ4n) is 3.55. The lowest BCUT2D eigenvalue weighted by molar-refractivity contribution is 0.910. The van der Waals surface area contributed by atoms with Crippen LogP contribution in [0.4, 0.5) is 11.4 Å². The molecule has 0 radical (unpaired) electrons. The van der Waals surface area contributed by atoms with Crippen molar-refractivity contribution in [3.05, 3.63) is 109 Å². The zero-order valence-electron chi connectivity index (χ0n) is 16.5. The second-order valence-electron chi connectivity index (χ2n) is 7.03. The summed E-state index contributed by atoms with van der Waals surface area (Å²) < 4.78 is 0. The van der Waals surface area contributed by atoms with E-state index in [1.54, 1.807) is 0 Å². The monoisotopic (exact) mass is 378 g/mol. The van der Waals surface area contributed by atoms with Crippen LogP contribution in [0.2, 0.25) is 0 Å². The molecule has 4 aromatic carbocycles. The maximum absolute atomic E-state index is 3.60. The van der Waals surface area contributed by atoms with E-state index < -0.39 is 0 Å². The molecule has 29 heavy (non-hydrogen) atoms. The van der Waals surface area contributed by atoms with E-state index >= 15 is 0 Å². The number of anilines is 2. The van der Waals surface area contributed by atoms with Crippen LogP contribution in [0.3, 0.4) is 0 Å². The van der Waals surface area contributed by atoms with Crippen LogP contribution < -0.4 is 10.6 Å². The highest BCUT2D eigenvalue weighted by molar-refractivity contribution is 5.78. The van der Waals surface area contributed by atoms with E-state index in [0.717, 1.165) is 19.5 Å². The summed E-state index contributed by atoms with van der Waals surface area (Å²) in [4.78, 5) is 0. The molecule has 2 N–H and O–H groups in total. The fourth-order valence-corrected chi connectivity index (χ4v) is 3.55. The summed E-state index contributed by atoms with van der Waals surface area (Å²) in [5.41, 5.74) is 7.34. The number of rotatable bonds is 8. The summed E-state index contributed by atoms with van der Waals surface area (Å²) in [6.45, 7) is 1.84. The van der Waals surface area contributed by atoms with Gasteiger partial charge in [0.05, 0.1) is 0 Å². The molecule has 0 aliphatic carbocycles. The summed E-state index contributed by atoms with van der Waals surface area (Å²) >= 11 is 0. The Hall–Kier alpha value is -3.52. The largest absolute Gasteiger partial charge is 0.384 e. The van der Waals surface area contributed by atoms with Crippen LogP contribution in [0.15, 0.2) is 109 Å². The number of hydrogen-bond donors (Lipinski definition) is 2. The Balaban J connectivity index is 1.34. The first-order valence-electron chi connectivity index (χ1n) is 10.2. The van der Waals surface area contributed by atoms with Gasteiger partial charge in [-0.05, 0) is 29.7 Å².